The highest BCUT2D eigenvalue weighted by Gasteiger charge is 2.16. The molecule has 0 aliphatic heterocycles. The molecule has 0 saturated carbocycles. The number of aliphatic hydroxyl groups is 1. The molecule has 0 heterocycles. The lowest BCUT2D eigenvalue weighted by atomic mass is 10.0. The fourth-order valence-corrected chi connectivity index (χ4v) is 2.05. The first kappa shape index (κ1) is 14.0. The predicted octanol–water partition coefficient (Wildman–Crippen LogP) is 2.30. The van der Waals surface area contributed by atoms with Gasteiger partial charge in [0.25, 0.3) is 0 Å². The Balaban J connectivity index is 3.09. The summed E-state index contributed by atoms with van der Waals surface area (Å²) >= 11 is 0. The van der Waals surface area contributed by atoms with Gasteiger partial charge >= 0.3 is 0 Å². The number of rotatable bonds is 6. The van der Waals surface area contributed by atoms with Gasteiger partial charge in [0.1, 0.15) is 0 Å². The molecule has 0 aromatic heterocycles. The number of nitrogens with two attached hydrogens (primary N) is 1. The third-order valence-electron chi connectivity index (χ3n) is 3.05. The molecule has 0 bridgehead atoms. The second-order valence-electron chi connectivity index (χ2n) is 4.58. The van der Waals surface area contributed by atoms with Crippen LogP contribution in [-0.4, -0.2) is 24.3 Å². The van der Waals surface area contributed by atoms with Crippen molar-refractivity contribution in [1.82, 2.24) is 0 Å². The number of nitrogens with zero attached hydrogens (tertiary/aromatic N) is 1. The summed E-state index contributed by atoms with van der Waals surface area (Å²) in [6, 6.07) is 8.62. The van der Waals surface area contributed by atoms with E-state index in [-0.39, 0.29) is 12.6 Å². The molecule has 96 valence electrons. The summed E-state index contributed by atoms with van der Waals surface area (Å²) in [6.07, 6.45) is 0.919. The second kappa shape index (κ2) is 6.62. The predicted molar refractivity (Wildman–Crippen MR) is 73.2 cm³/mol. The summed E-state index contributed by atoms with van der Waals surface area (Å²) in [7, 11) is 0. The van der Waals surface area contributed by atoms with Crippen LogP contribution < -0.4 is 10.6 Å². The van der Waals surface area contributed by atoms with Gasteiger partial charge in [-0.3, -0.25) is 0 Å². The smallest absolute Gasteiger partial charge is 0.0606 e. The minimum absolute atomic E-state index is 0.0612. The second-order valence-corrected chi connectivity index (χ2v) is 4.58. The number of benzene rings is 1. The van der Waals surface area contributed by atoms with Crippen LogP contribution in [0.2, 0.25) is 0 Å². The summed E-state index contributed by atoms with van der Waals surface area (Å²) in [5, 5.41) is 9.16. The standard InChI is InChI=1S/C14H24N2O/c1-4-13(15)12-7-5-6-8-14(12)16(9-10-17)11(2)3/h5-8,11,13,17H,4,9-10,15H2,1-3H3/t13-/m1/s1. The van der Waals surface area contributed by atoms with Gasteiger partial charge in [0.2, 0.25) is 0 Å². The Morgan fingerprint density at radius 1 is 1.29 bits per heavy atom. The van der Waals surface area contributed by atoms with Crippen LogP contribution in [0.3, 0.4) is 0 Å². The van der Waals surface area contributed by atoms with Crippen molar-refractivity contribution in [3.8, 4) is 0 Å². The summed E-state index contributed by atoms with van der Waals surface area (Å²) in [4.78, 5) is 2.20. The molecule has 0 aliphatic rings. The molecule has 0 fully saturated rings. The Kier molecular flexibility index (Phi) is 5.45. The van der Waals surface area contributed by atoms with Crippen LogP contribution in [0, 0.1) is 0 Å². The SMILES string of the molecule is CC[C@@H](N)c1ccccc1N(CCO)C(C)C. The zero-order valence-corrected chi connectivity index (χ0v) is 11.1. The van der Waals surface area contributed by atoms with Crippen molar-refractivity contribution in [3.63, 3.8) is 0 Å². The molecule has 3 N–H and O–H groups in total. The molecule has 0 aliphatic carbocycles. The highest BCUT2D eigenvalue weighted by Crippen LogP contribution is 2.27. The van der Waals surface area contributed by atoms with E-state index in [4.69, 9.17) is 10.8 Å². The number of hydrogen-bond acceptors (Lipinski definition) is 3. The van der Waals surface area contributed by atoms with Crippen LogP contribution in [0.4, 0.5) is 5.69 Å². The Bertz CT molecular complexity index is 339. The molecule has 1 aromatic carbocycles. The van der Waals surface area contributed by atoms with E-state index >= 15 is 0 Å². The van der Waals surface area contributed by atoms with Gasteiger partial charge in [-0.05, 0) is 31.9 Å². The largest absolute Gasteiger partial charge is 0.395 e. The molecule has 1 aromatic rings. The Morgan fingerprint density at radius 2 is 1.94 bits per heavy atom. The van der Waals surface area contributed by atoms with Crippen LogP contribution in [0.25, 0.3) is 0 Å². The average molecular weight is 236 g/mol. The van der Waals surface area contributed by atoms with E-state index in [1.165, 1.54) is 0 Å². The fraction of sp³-hybridized carbons (Fsp3) is 0.571. The highest BCUT2D eigenvalue weighted by molar-refractivity contribution is 5.55. The van der Waals surface area contributed by atoms with Crippen LogP contribution in [0.15, 0.2) is 24.3 Å². The number of para-hydroxylation sites is 1. The van der Waals surface area contributed by atoms with Crippen molar-refractivity contribution in [3.05, 3.63) is 29.8 Å². The van der Waals surface area contributed by atoms with E-state index in [9.17, 15) is 0 Å². The van der Waals surface area contributed by atoms with Crippen LogP contribution in [0.1, 0.15) is 38.8 Å². The molecule has 0 radical (unpaired) electrons. The van der Waals surface area contributed by atoms with Gasteiger partial charge in [-0.2, -0.15) is 0 Å². The van der Waals surface area contributed by atoms with Gasteiger partial charge in [0, 0.05) is 24.3 Å². The molecule has 17 heavy (non-hydrogen) atoms. The Morgan fingerprint density at radius 3 is 2.47 bits per heavy atom. The van der Waals surface area contributed by atoms with Gasteiger partial charge < -0.3 is 15.7 Å². The lowest BCUT2D eigenvalue weighted by Crippen LogP contribution is -2.34. The molecule has 0 amide bonds. The van der Waals surface area contributed by atoms with Gasteiger partial charge in [0.05, 0.1) is 6.61 Å². The van der Waals surface area contributed by atoms with Gasteiger partial charge in [-0.1, -0.05) is 25.1 Å². The molecular weight excluding hydrogens is 212 g/mol. The van der Waals surface area contributed by atoms with Crippen molar-refractivity contribution in [2.45, 2.75) is 39.3 Å². The fourth-order valence-electron chi connectivity index (χ4n) is 2.05. The van der Waals surface area contributed by atoms with Crippen molar-refractivity contribution in [2.75, 3.05) is 18.1 Å². The average Bonchev–Trinajstić information content (AvgIpc) is 2.34. The molecule has 0 saturated heterocycles. The van der Waals surface area contributed by atoms with Crippen molar-refractivity contribution in [2.24, 2.45) is 5.73 Å². The first-order valence-corrected chi connectivity index (χ1v) is 6.33. The zero-order chi connectivity index (χ0) is 12.8. The molecule has 3 heteroatoms. The molecular formula is C14H24N2O. The van der Waals surface area contributed by atoms with Gasteiger partial charge in [-0.25, -0.2) is 0 Å². The number of hydrogen-bond donors (Lipinski definition) is 2. The number of anilines is 1. The topological polar surface area (TPSA) is 49.5 Å². The van der Waals surface area contributed by atoms with Gasteiger partial charge in [0.15, 0.2) is 0 Å². The summed E-state index contributed by atoms with van der Waals surface area (Å²) in [5.74, 6) is 0. The lowest BCUT2D eigenvalue weighted by molar-refractivity contribution is 0.299. The van der Waals surface area contributed by atoms with E-state index in [0.29, 0.717) is 12.6 Å². The zero-order valence-electron chi connectivity index (χ0n) is 11.1. The van der Waals surface area contributed by atoms with E-state index in [1.54, 1.807) is 0 Å². The Labute approximate surface area is 104 Å². The Hall–Kier alpha value is -1.06. The monoisotopic (exact) mass is 236 g/mol. The molecule has 1 atom stereocenters. The maximum Gasteiger partial charge on any atom is 0.0606 e. The molecule has 0 spiro atoms. The first-order chi connectivity index (χ1) is 8.11. The molecule has 3 nitrogen and oxygen atoms in total. The van der Waals surface area contributed by atoms with E-state index in [1.807, 2.05) is 12.1 Å². The lowest BCUT2D eigenvalue weighted by Gasteiger charge is -2.31. The molecule has 0 unspecified atom stereocenters. The maximum atomic E-state index is 9.16. The minimum Gasteiger partial charge on any atom is -0.395 e. The van der Waals surface area contributed by atoms with Crippen molar-refractivity contribution < 1.29 is 5.11 Å². The van der Waals surface area contributed by atoms with E-state index < -0.39 is 0 Å². The van der Waals surface area contributed by atoms with E-state index in [2.05, 4.69) is 37.8 Å². The van der Waals surface area contributed by atoms with Gasteiger partial charge in [-0.15, -0.1) is 0 Å². The van der Waals surface area contributed by atoms with Crippen LogP contribution >= 0.6 is 0 Å². The third-order valence-corrected chi connectivity index (χ3v) is 3.05. The molecule has 1 rings (SSSR count). The third kappa shape index (κ3) is 3.45. The first-order valence-electron chi connectivity index (χ1n) is 6.33. The van der Waals surface area contributed by atoms with Crippen LogP contribution in [-0.2, 0) is 0 Å². The number of aliphatic hydroxyl groups excluding tert-OH is 1. The maximum absolute atomic E-state index is 9.16. The summed E-state index contributed by atoms with van der Waals surface area (Å²) in [6.45, 7) is 7.15. The van der Waals surface area contributed by atoms with Crippen molar-refractivity contribution >= 4 is 5.69 Å². The quantitative estimate of drug-likeness (QED) is 0.797. The van der Waals surface area contributed by atoms with Crippen molar-refractivity contribution in [1.29, 1.82) is 0 Å². The summed E-state index contributed by atoms with van der Waals surface area (Å²) < 4.78 is 0. The van der Waals surface area contributed by atoms with E-state index in [0.717, 1.165) is 17.7 Å². The highest BCUT2D eigenvalue weighted by atomic mass is 16.3. The van der Waals surface area contributed by atoms with Crippen LogP contribution in [0.5, 0.6) is 0 Å². The summed E-state index contributed by atoms with van der Waals surface area (Å²) in [5.41, 5.74) is 8.45. The minimum atomic E-state index is 0.0612. The normalized spacial score (nSPS) is 12.8.